The van der Waals surface area contributed by atoms with Crippen LogP contribution in [0.2, 0.25) is 0 Å². The molecule has 0 bridgehead atoms. The second-order valence-corrected chi connectivity index (χ2v) is 13.0. The van der Waals surface area contributed by atoms with E-state index in [1.165, 1.54) is 22.3 Å². The molecule has 2 amide bonds. The fourth-order valence-electron chi connectivity index (χ4n) is 6.98. The summed E-state index contributed by atoms with van der Waals surface area (Å²) in [6.07, 6.45) is -1.36. The highest BCUT2D eigenvalue weighted by molar-refractivity contribution is 5.95. The molecule has 0 aromatic heterocycles. The van der Waals surface area contributed by atoms with Crippen LogP contribution < -0.4 is 20.1 Å². The van der Waals surface area contributed by atoms with Gasteiger partial charge in [0.25, 0.3) is 11.8 Å². The number of carbonyl (C=O) groups is 2. The fourth-order valence-corrected chi connectivity index (χ4v) is 6.98. The zero-order valence-electron chi connectivity index (χ0n) is 29.1. The van der Waals surface area contributed by atoms with Crippen molar-refractivity contribution in [2.24, 2.45) is 0 Å². The lowest BCUT2D eigenvalue weighted by Gasteiger charge is -2.34. The Morgan fingerprint density at radius 3 is 1.24 bits per heavy atom. The molecule has 0 saturated heterocycles. The van der Waals surface area contributed by atoms with Crippen LogP contribution in [-0.4, -0.2) is 24.0 Å². The lowest BCUT2D eigenvalue weighted by atomic mass is 9.67. The molecule has 6 nitrogen and oxygen atoms in total. The van der Waals surface area contributed by atoms with Crippen LogP contribution in [0.3, 0.4) is 0 Å². The molecule has 254 valence electrons. The summed E-state index contributed by atoms with van der Waals surface area (Å²) in [5.74, 6) is 0.917. The molecule has 7 rings (SSSR count). The van der Waals surface area contributed by atoms with Gasteiger partial charge in [0.2, 0.25) is 0 Å². The zero-order valence-corrected chi connectivity index (χ0v) is 29.1. The van der Waals surface area contributed by atoms with Crippen LogP contribution in [0.25, 0.3) is 11.1 Å². The average molecular weight is 673 g/mol. The first-order chi connectivity index (χ1) is 24.8. The van der Waals surface area contributed by atoms with Crippen molar-refractivity contribution in [2.75, 3.05) is 10.6 Å². The van der Waals surface area contributed by atoms with Gasteiger partial charge in [-0.3, -0.25) is 9.59 Å². The molecule has 0 spiro atoms. The van der Waals surface area contributed by atoms with Crippen molar-refractivity contribution in [2.45, 2.75) is 45.3 Å². The fraction of sp³-hybridized carbons (Fsp3) is 0.156. The predicted octanol–water partition coefficient (Wildman–Crippen LogP) is 9.48. The standard InChI is InChI=1S/C45H40N2O4/c1-29-13-5-11-19-41(29)50-31(3)43(48)46-35-25-21-33(22-26-35)45(39-17-9-7-15-37(39)38-16-8-10-18-40(38)45)34-23-27-36(28-24-34)47-44(49)32(4)51-42-20-12-6-14-30(42)2/h5-28,31-32H,1-4H3,(H,46,48)(H,47,49)/t31-,32-/m1/s1. The van der Waals surface area contributed by atoms with E-state index >= 15 is 0 Å². The summed E-state index contributed by atoms with van der Waals surface area (Å²) < 4.78 is 11.9. The van der Waals surface area contributed by atoms with E-state index in [0.29, 0.717) is 22.9 Å². The number of fused-ring (bicyclic) bond motifs is 3. The summed E-state index contributed by atoms with van der Waals surface area (Å²) in [4.78, 5) is 26.3. The van der Waals surface area contributed by atoms with Crippen LogP contribution in [0.15, 0.2) is 146 Å². The molecule has 0 heterocycles. The highest BCUT2D eigenvalue weighted by Crippen LogP contribution is 2.56. The number of amides is 2. The van der Waals surface area contributed by atoms with Crippen LogP contribution in [0, 0.1) is 13.8 Å². The van der Waals surface area contributed by atoms with E-state index < -0.39 is 17.6 Å². The number of aryl methyl sites for hydroxylation is 2. The van der Waals surface area contributed by atoms with Gasteiger partial charge in [0.05, 0.1) is 5.41 Å². The lowest BCUT2D eigenvalue weighted by Crippen LogP contribution is -2.31. The van der Waals surface area contributed by atoms with Gasteiger partial charge >= 0.3 is 0 Å². The molecule has 1 aliphatic carbocycles. The number of nitrogens with one attached hydrogen (secondary N) is 2. The minimum Gasteiger partial charge on any atom is -0.481 e. The first kappa shape index (κ1) is 33.4. The molecule has 0 unspecified atom stereocenters. The lowest BCUT2D eigenvalue weighted by molar-refractivity contribution is -0.122. The third-order valence-corrected chi connectivity index (χ3v) is 9.66. The highest BCUT2D eigenvalue weighted by Gasteiger charge is 2.45. The molecule has 6 aromatic carbocycles. The predicted molar refractivity (Wildman–Crippen MR) is 204 cm³/mol. The number of carbonyl (C=O) groups excluding carboxylic acids is 2. The Hall–Kier alpha value is -6.14. The van der Waals surface area contributed by atoms with Crippen molar-refractivity contribution in [1.82, 2.24) is 0 Å². The Labute approximate surface area is 299 Å². The Bertz CT molecular complexity index is 2050. The normalized spacial score (nSPS) is 13.6. The van der Waals surface area contributed by atoms with Gasteiger partial charge in [0.15, 0.2) is 12.2 Å². The number of benzene rings is 6. The first-order valence-corrected chi connectivity index (χ1v) is 17.2. The number of ether oxygens (including phenoxy) is 2. The molecule has 0 radical (unpaired) electrons. The van der Waals surface area contributed by atoms with Crippen LogP contribution in [-0.2, 0) is 15.0 Å². The number of hydrogen-bond donors (Lipinski definition) is 2. The molecule has 6 heteroatoms. The minimum atomic E-state index is -0.679. The molecule has 1 aliphatic rings. The van der Waals surface area contributed by atoms with Crippen molar-refractivity contribution in [1.29, 1.82) is 0 Å². The SMILES string of the molecule is Cc1ccccc1O[C@H](C)C(=O)Nc1ccc(C2(c3ccc(NC(=O)[C@@H](C)Oc4ccccc4C)cc3)c3ccccc3-c3ccccc32)cc1. The quantitative estimate of drug-likeness (QED) is 0.152. The summed E-state index contributed by atoms with van der Waals surface area (Å²) in [6, 6.07) is 48.5. The number of anilines is 2. The number of hydrogen-bond acceptors (Lipinski definition) is 4. The van der Waals surface area contributed by atoms with E-state index in [-0.39, 0.29) is 11.8 Å². The number of rotatable bonds is 10. The number of para-hydroxylation sites is 2. The van der Waals surface area contributed by atoms with Gasteiger partial charge in [-0.2, -0.15) is 0 Å². The van der Waals surface area contributed by atoms with Gasteiger partial charge in [-0.15, -0.1) is 0 Å². The van der Waals surface area contributed by atoms with Crippen molar-refractivity contribution in [3.05, 3.63) is 179 Å². The zero-order chi connectivity index (χ0) is 35.5. The second kappa shape index (κ2) is 14.0. The van der Waals surface area contributed by atoms with Gasteiger partial charge < -0.3 is 20.1 Å². The van der Waals surface area contributed by atoms with Gasteiger partial charge in [-0.1, -0.05) is 109 Å². The Kier molecular flexibility index (Phi) is 9.16. The molecule has 51 heavy (non-hydrogen) atoms. The van der Waals surface area contributed by atoms with Crippen molar-refractivity contribution in [3.63, 3.8) is 0 Å². The summed E-state index contributed by atoms with van der Waals surface area (Å²) in [5.41, 5.74) is 9.46. The monoisotopic (exact) mass is 672 g/mol. The van der Waals surface area contributed by atoms with Crippen LogP contribution in [0.5, 0.6) is 11.5 Å². The van der Waals surface area contributed by atoms with Crippen molar-refractivity contribution < 1.29 is 19.1 Å². The van der Waals surface area contributed by atoms with Crippen LogP contribution >= 0.6 is 0 Å². The van der Waals surface area contributed by atoms with Crippen LogP contribution in [0.1, 0.15) is 47.2 Å². The van der Waals surface area contributed by atoms with Crippen LogP contribution in [0.4, 0.5) is 11.4 Å². The van der Waals surface area contributed by atoms with E-state index in [2.05, 4.69) is 83.4 Å². The molecular formula is C45H40N2O4. The smallest absolute Gasteiger partial charge is 0.265 e. The molecule has 6 aromatic rings. The summed E-state index contributed by atoms with van der Waals surface area (Å²) in [5, 5.41) is 6.06. The molecular weight excluding hydrogens is 633 g/mol. The third kappa shape index (κ3) is 6.37. The van der Waals surface area contributed by atoms with E-state index in [4.69, 9.17) is 9.47 Å². The van der Waals surface area contributed by atoms with E-state index in [1.54, 1.807) is 13.8 Å². The van der Waals surface area contributed by atoms with E-state index in [1.807, 2.05) is 86.6 Å². The van der Waals surface area contributed by atoms with Gasteiger partial charge in [-0.05, 0) is 109 Å². The van der Waals surface area contributed by atoms with Gasteiger partial charge in [-0.25, -0.2) is 0 Å². The topological polar surface area (TPSA) is 76.7 Å². The average Bonchev–Trinajstić information content (AvgIpc) is 3.45. The molecule has 2 N–H and O–H groups in total. The van der Waals surface area contributed by atoms with Crippen molar-refractivity contribution in [3.8, 4) is 22.6 Å². The van der Waals surface area contributed by atoms with Crippen molar-refractivity contribution >= 4 is 23.2 Å². The summed E-state index contributed by atoms with van der Waals surface area (Å²) in [6.45, 7) is 7.42. The summed E-state index contributed by atoms with van der Waals surface area (Å²) in [7, 11) is 0. The Morgan fingerprint density at radius 1 is 0.490 bits per heavy atom. The second-order valence-electron chi connectivity index (χ2n) is 13.0. The van der Waals surface area contributed by atoms with Gasteiger partial charge in [0.1, 0.15) is 11.5 Å². The minimum absolute atomic E-state index is 0.228. The maximum absolute atomic E-state index is 13.2. The maximum Gasteiger partial charge on any atom is 0.265 e. The van der Waals surface area contributed by atoms with E-state index in [0.717, 1.165) is 22.3 Å². The summed E-state index contributed by atoms with van der Waals surface area (Å²) >= 11 is 0. The first-order valence-electron chi connectivity index (χ1n) is 17.2. The van der Waals surface area contributed by atoms with Gasteiger partial charge in [0, 0.05) is 11.4 Å². The Balaban J connectivity index is 1.19. The third-order valence-electron chi connectivity index (χ3n) is 9.66. The Morgan fingerprint density at radius 2 is 0.843 bits per heavy atom. The highest BCUT2D eigenvalue weighted by atomic mass is 16.5. The largest absolute Gasteiger partial charge is 0.481 e. The molecule has 2 atom stereocenters. The molecule has 0 fully saturated rings. The van der Waals surface area contributed by atoms with E-state index in [9.17, 15) is 9.59 Å². The maximum atomic E-state index is 13.2. The molecule has 0 aliphatic heterocycles. The molecule has 0 saturated carbocycles.